The second-order valence-electron chi connectivity index (χ2n) is 3.87. The quantitative estimate of drug-likeness (QED) is 0.873. The van der Waals surface area contributed by atoms with Crippen LogP contribution >= 0.6 is 11.3 Å². The topological polar surface area (TPSA) is 32.3 Å². The van der Waals surface area contributed by atoms with Gasteiger partial charge in [-0.1, -0.05) is 6.07 Å². The first-order valence-electron chi connectivity index (χ1n) is 5.38. The summed E-state index contributed by atoms with van der Waals surface area (Å²) < 4.78 is 12.9. The number of thiophene rings is 1. The third-order valence-corrected chi connectivity index (χ3v) is 3.52. The van der Waals surface area contributed by atoms with Gasteiger partial charge in [0, 0.05) is 17.1 Å². The molecule has 2 N–H and O–H groups in total. The minimum absolute atomic E-state index is 0.244. The van der Waals surface area contributed by atoms with Crippen LogP contribution < -0.4 is 5.32 Å². The van der Waals surface area contributed by atoms with Crippen LogP contribution in [0.2, 0.25) is 0 Å². The zero-order valence-corrected chi connectivity index (χ0v) is 10.3. The van der Waals surface area contributed by atoms with Crippen molar-refractivity contribution in [2.45, 2.75) is 13.0 Å². The van der Waals surface area contributed by atoms with Crippen LogP contribution in [0.5, 0.6) is 0 Å². The second-order valence-corrected chi connectivity index (χ2v) is 4.85. The molecule has 0 fully saturated rings. The molecule has 2 rings (SSSR count). The Labute approximate surface area is 104 Å². The van der Waals surface area contributed by atoms with Crippen molar-refractivity contribution < 1.29 is 9.50 Å². The SMILES string of the molecule is Cc1cc(F)ccc1NCC(O)c1cccs1. The number of anilines is 1. The lowest BCUT2D eigenvalue weighted by molar-refractivity contribution is 0.195. The van der Waals surface area contributed by atoms with Gasteiger partial charge >= 0.3 is 0 Å². The molecule has 1 aromatic heterocycles. The van der Waals surface area contributed by atoms with Crippen LogP contribution in [0, 0.1) is 12.7 Å². The summed E-state index contributed by atoms with van der Waals surface area (Å²) in [5.74, 6) is -0.244. The van der Waals surface area contributed by atoms with Gasteiger partial charge < -0.3 is 10.4 Å². The van der Waals surface area contributed by atoms with Crippen LogP contribution in [-0.4, -0.2) is 11.7 Å². The lowest BCUT2D eigenvalue weighted by atomic mass is 10.2. The molecule has 2 aromatic rings. The van der Waals surface area contributed by atoms with Crippen molar-refractivity contribution in [2.24, 2.45) is 0 Å². The van der Waals surface area contributed by atoms with E-state index in [-0.39, 0.29) is 5.82 Å². The number of aliphatic hydroxyl groups excluding tert-OH is 1. The summed E-state index contributed by atoms with van der Waals surface area (Å²) in [6.07, 6.45) is -0.528. The maximum Gasteiger partial charge on any atom is 0.123 e. The Kier molecular flexibility index (Phi) is 3.76. The van der Waals surface area contributed by atoms with E-state index in [1.165, 1.54) is 23.5 Å². The zero-order valence-electron chi connectivity index (χ0n) is 9.48. The van der Waals surface area contributed by atoms with Crippen molar-refractivity contribution in [2.75, 3.05) is 11.9 Å². The molecule has 1 atom stereocenters. The fourth-order valence-electron chi connectivity index (χ4n) is 1.61. The van der Waals surface area contributed by atoms with Crippen molar-refractivity contribution >= 4 is 17.0 Å². The van der Waals surface area contributed by atoms with E-state index in [2.05, 4.69) is 5.32 Å². The van der Waals surface area contributed by atoms with Crippen LogP contribution in [0.4, 0.5) is 10.1 Å². The van der Waals surface area contributed by atoms with Gasteiger partial charge in [-0.15, -0.1) is 11.3 Å². The molecule has 1 aromatic carbocycles. The van der Waals surface area contributed by atoms with E-state index < -0.39 is 6.10 Å². The predicted molar refractivity (Wildman–Crippen MR) is 68.9 cm³/mol. The number of nitrogens with one attached hydrogen (secondary N) is 1. The molecular formula is C13H14FNOS. The normalized spacial score (nSPS) is 12.4. The van der Waals surface area contributed by atoms with Crippen molar-refractivity contribution in [3.05, 3.63) is 52.0 Å². The highest BCUT2D eigenvalue weighted by molar-refractivity contribution is 7.10. The van der Waals surface area contributed by atoms with Crippen LogP contribution in [0.3, 0.4) is 0 Å². The lowest BCUT2D eigenvalue weighted by Crippen LogP contribution is -2.11. The van der Waals surface area contributed by atoms with E-state index in [9.17, 15) is 9.50 Å². The van der Waals surface area contributed by atoms with E-state index in [1.807, 2.05) is 24.4 Å². The molecule has 0 aliphatic carbocycles. The number of hydrogen-bond donors (Lipinski definition) is 2. The summed E-state index contributed by atoms with van der Waals surface area (Å²) in [5.41, 5.74) is 1.69. The van der Waals surface area contributed by atoms with E-state index in [0.29, 0.717) is 6.54 Å². The monoisotopic (exact) mass is 251 g/mol. The van der Waals surface area contributed by atoms with Gasteiger partial charge in [0.15, 0.2) is 0 Å². The summed E-state index contributed by atoms with van der Waals surface area (Å²) in [6.45, 7) is 2.26. The molecule has 2 nitrogen and oxygen atoms in total. The molecule has 0 spiro atoms. The van der Waals surface area contributed by atoms with Gasteiger partial charge in [0.05, 0.1) is 0 Å². The molecule has 1 heterocycles. The number of rotatable bonds is 4. The Morgan fingerprint density at radius 3 is 2.88 bits per heavy atom. The molecule has 1 unspecified atom stereocenters. The van der Waals surface area contributed by atoms with Crippen LogP contribution in [-0.2, 0) is 0 Å². The minimum Gasteiger partial charge on any atom is -0.386 e. The summed E-state index contributed by atoms with van der Waals surface area (Å²) in [6, 6.07) is 8.37. The van der Waals surface area contributed by atoms with Crippen LogP contribution in [0.1, 0.15) is 16.5 Å². The fourth-order valence-corrected chi connectivity index (χ4v) is 2.33. The third kappa shape index (κ3) is 3.05. The molecular weight excluding hydrogens is 237 g/mol. The Balaban J connectivity index is 1.98. The van der Waals surface area contributed by atoms with Crippen molar-refractivity contribution in [1.82, 2.24) is 0 Å². The first-order chi connectivity index (χ1) is 8.16. The highest BCUT2D eigenvalue weighted by Crippen LogP contribution is 2.21. The van der Waals surface area contributed by atoms with Gasteiger partial charge in [-0.05, 0) is 42.1 Å². The van der Waals surface area contributed by atoms with E-state index in [1.54, 1.807) is 6.07 Å². The Bertz CT molecular complexity index is 484. The molecule has 0 aliphatic rings. The van der Waals surface area contributed by atoms with Gasteiger partial charge in [0.2, 0.25) is 0 Å². The molecule has 0 saturated heterocycles. The standard InChI is InChI=1S/C13H14FNOS/c1-9-7-10(14)4-5-11(9)15-8-12(16)13-3-2-6-17-13/h2-7,12,15-16H,8H2,1H3. The number of aryl methyl sites for hydroxylation is 1. The van der Waals surface area contributed by atoms with Crippen molar-refractivity contribution in [1.29, 1.82) is 0 Å². The molecule has 0 bridgehead atoms. The largest absolute Gasteiger partial charge is 0.386 e. The smallest absolute Gasteiger partial charge is 0.123 e. The number of aliphatic hydroxyl groups is 1. The van der Waals surface area contributed by atoms with Crippen LogP contribution in [0.25, 0.3) is 0 Å². The van der Waals surface area contributed by atoms with E-state index in [4.69, 9.17) is 0 Å². The third-order valence-electron chi connectivity index (χ3n) is 2.55. The Morgan fingerprint density at radius 2 is 2.24 bits per heavy atom. The van der Waals surface area contributed by atoms with Gasteiger partial charge in [-0.2, -0.15) is 0 Å². The van der Waals surface area contributed by atoms with Gasteiger partial charge in [-0.25, -0.2) is 4.39 Å². The maximum absolute atomic E-state index is 12.9. The lowest BCUT2D eigenvalue weighted by Gasteiger charge is -2.13. The van der Waals surface area contributed by atoms with Gasteiger partial charge in [0.25, 0.3) is 0 Å². The van der Waals surface area contributed by atoms with E-state index in [0.717, 1.165) is 16.1 Å². The number of halogens is 1. The maximum atomic E-state index is 12.9. The fraction of sp³-hybridized carbons (Fsp3) is 0.231. The molecule has 0 aliphatic heterocycles. The van der Waals surface area contributed by atoms with Crippen molar-refractivity contribution in [3.63, 3.8) is 0 Å². The predicted octanol–water partition coefficient (Wildman–Crippen LogP) is 3.34. The molecule has 4 heteroatoms. The van der Waals surface area contributed by atoms with Crippen LogP contribution in [0.15, 0.2) is 35.7 Å². The van der Waals surface area contributed by atoms with Gasteiger partial charge in [0.1, 0.15) is 11.9 Å². The first-order valence-corrected chi connectivity index (χ1v) is 6.26. The highest BCUT2D eigenvalue weighted by Gasteiger charge is 2.08. The average molecular weight is 251 g/mol. The summed E-state index contributed by atoms with van der Waals surface area (Å²) in [4.78, 5) is 0.928. The second kappa shape index (κ2) is 5.29. The number of hydrogen-bond acceptors (Lipinski definition) is 3. The number of benzene rings is 1. The summed E-state index contributed by atoms with van der Waals surface area (Å²) in [5, 5.41) is 14.9. The minimum atomic E-state index is -0.528. The first kappa shape index (κ1) is 12.1. The zero-order chi connectivity index (χ0) is 12.3. The summed E-state index contributed by atoms with van der Waals surface area (Å²) in [7, 11) is 0. The molecule has 17 heavy (non-hydrogen) atoms. The highest BCUT2D eigenvalue weighted by atomic mass is 32.1. The Morgan fingerprint density at radius 1 is 1.41 bits per heavy atom. The van der Waals surface area contributed by atoms with E-state index >= 15 is 0 Å². The Hall–Kier alpha value is -1.39. The molecule has 0 radical (unpaired) electrons. The van der Waals surface area contributed by atoms with Gasteiger partial charge in [-0.3, -0.25) is 0 Å². The molecule has 0 saturated carbocycles. The molecule has 0 amide bonds. The summed E-state index contributed by atoms with van der Waals surface area (Å²) >= 11 is 1.52. The van der Waals surface area contributed by atoms with Crippen molar-refractivity contribution in [3.8, 4) is 0 Å². The molecule has 90 valence electrons. The average Bonchev–Trinajstić information content (AvgIpc) is 2.81.